The van der Waals surface area contributed by atoms with Crippen LogP contribution in [0.5, 0.6) is 5.75 Å². The Balaban J connectivity index is 1.74. The fraction of sp³-hybridized carbons (Fsp3) is 0.412. The standard InChI is InChI=1S/C17H17F4N3O2/c18-13-7-10(17(19,20)21)8-15(25)16(13)14-2-1-12(23-24-14)9-22-11-3-5-26-6-4-11/h1-2,7-8,11,22,25H,3-6,9H2. The summed E-state index contributed by atoms with van der Waals surface area (Å²) in [6.07, 6.45) is -2.95. The number of rotatable bonds is 4. The van der Waals surface area contributed by atoms with Gasteiger partial charge in [-0.05, 0) is 37.1 Å². The molecule has 0 bridgehead atoms. The van der Waals surface area contributed by atoms with Crippen LogP contribution in [-0.4, -0.2) is 34.6 Å². The maximum absolute atomic E-state index is 14.1. The molecule has 0 radical (unpaired) electrons. The number of halogens is 4. The second-order valence-electron chi connectivity index (χ2n) is 6.03. The summed E-state index contributed by atoms with van der Waals surface area (Å²) >= 11 is 0. The number of nitrogens with zero attached hydrogens (tertiary/aromatic N) is 2. The molecule has 140 valence electrons. The fourth-order valence-electron chi connectivity index (χ4n) is 2.75. The summed E-state index contributed by atoms with van der Waals surface area (Å²) in [4.78, 5) is 0. The molecule has 26 heavy (non-hydrogen) atoms. The summed E-state index contributed by atoms with van der Waals surface area (Å²) in [5.41, 5.74) is -1.11. The number of ether oxygens (including phenoxy) is 1. The Kier molecular flexibility index (Phi) is 5.38. The van der Waals surface area contributed by atoms with E-state index in [0.29, 0.717) is 43.6 Å². The third kappa shape index (κ3) is 4.28. The minimum Gasteiger partial charge on any atom is -0.507 e. The van der Waals surface area contributed by atoms with Gasteiger partial charge in [0.1, 0.15) is 11.6 Å². The number of benzene rings is 1. The van der Waals surface area contributed by atoms with Crippen LogP contribution in [0.25, 0.3) is 11.3 Å². The van der Waals surface area contributed by atoms with Crippen molar-refractivity contribution >= 4 is 0 Å². The summed E-state index contributed by atoms with van der Waals surface area (Å²) in [5, 5.41) is 20.9. The summed E-state index contributed by atoms with van der Waals surface area (Å²) in [6.45, 7) is 1.86. The monoisotopic (exact) mass is 371 g/mol. The van der Waals surface area contributed by atoms with Crippen molar-refractivity contribution in [1.82, 2.24) is 15.5 Å². The van der Waals surface area contributed by atoms with E-state index in [-0.39, 0.29) is 5.69 Å². The summed E-state index contributed by atoms with van der Waals surface area (Å²) in [7, 11) is 0. The molecule has 2 heterocycles. The van der Waals surface area contributed by atoms with Crippen molar-refractivity contribution in [3.8, 4) is 17.0 Å². The Bertz CT molecular complexity index is 737. The van der Waals surface area contributed by atoms with Crippen LogP contribution < -0.4 is 5.32 Å². The first-order chi connectivity index (χ1) is 12.3. The third-order valence-corrected chi connectivity index (χ3v) is 4.17. The van der Waals surface area contributed by atoms with Crippen molar-refractivity contribution < 1.29 is 27.4 Å². The first kappa shape index (κ1) is 18.5. The quantitative estimate of drug-likeness (QED) is 0.808. The highest BCUT2D eigenvalue weighted by molar-refractivity contribution is 5.67. The Labute approximate surface area is 147 Å². The van der Waals surface area contributed by atoms with Crippen LogP contribution in [0.3, 0.4) is 0 Å². The number of aromatic hydroxyl groups is 1. The summed E-state index contributed by atoms with van der Waals surface area (Å²) < 4.78 is 57.3. The Morgan fingerprint density at radius 2 is 1.88 bits per heavy atom. The van der Waals surface area contributed by atoms with Gasteiger partial charge in [0.05, 0.1) is 22.5 Å². The first-order valence-electron chi connectivity index (χ1n) is 8.08. The maximum atomic E-state index is 14.1. The normalized spacial score (nSPS) is 16.0. The lowest BCUT2D eigenvalue weighted by atomic mass is 10.1. The molecule has 3 rings (SSSR count). The van der Waals surface area contributed by atoms with E-state index in [0.717, 1.165) is 12.8 Å². The van der Waals surface area contributed by atoms with Crippen molar-refractivity contribution in [2.45, 2.75) is 31.6 Å². The molecule has 0 amide bonds. The predicted octanol–water partition coefficient (Wildman–Crippen LogP) is 3.28. The van der Waals surface area contributed by atoms with Gasteiger partial charge >= 0.3 is 6.18 Å². The van der Waals surface area contributed by atoms with E-state index < -0.39 is 28.9 Å². The van der Waals surface area contributed by atoms with Crippen LogP contribution in [0.4, 0.5) is 17.6 Å². The lowest BCUT2D eigenvalue weighted by Crippen LogP contribution is -2.34. The van der Waals surface area contributed by atoms with E-state index in [4.69, 9.17) is 4.74 Å². The SMILES string of the molecule is Oc1cc(C(F)(F)F)cc(F)c1-c1ccc(CNC2CCOCC2)nn1. The first-order valence-corrected chi connectivity index (χ1v) is 8.08. The van der Waals surface area contributed by atoms with Crippen LogP contribution in [0.15, 0.2) is 24.3 Å². The molecule has 2 N–H and O–H groups in total. The van der Waals surface area contributed by atoms with Gasteiger partial charge in [0, 0.05) is 25.8 Å². The second kappa shape index (κ2) is 7.55. The van der Waals surface area contributed by atoms with Gasteiger partial charge in [0.2, 0.25) is 0 Å². The Morgan fingerprint density at radius 3 is 2.46 bits per heavy atom. The molecule has 0 spiro atoms. The Morgan fingerprint density at radius 1 is 1.15 bits per heavy atom. The van der Waals surface area contributed by atoms with E-state index >= 15 is 0 Å². The van der Waals surface area contributed by atoms with E-state index in [2.05, 4.69) is 15.5 Å². The van der Waals surface area contributed by atoms with Crippen molar-refractivity contribution in [2.75, 3.05) is 13.2 Å². The molecule has 1 aromatic heterocycles. The van der Waals surface area contributed by atoms with Gasteiger partial charge < -0.3 is 15.2 Å². The molecular weight excluding hydrogens is 354 g/mol. The van der Waals surface area contributed by atoms with Crippen molar-refractivity contribution in [3.63, 3.8) is 0 Å². The molecule has 1 saturated heterocycles. The number of phenols is 1. The van der Waals surface area contributed by atoms with Gasteiger partial charge in [0.15, 0.2) is 0 Å². The molecule has 9 heteroatoms. The largest absolute Gasteiger partial charge is 0.507 e. The van der Waals surface area contributed by atoms with Crippen molar-refractivity contribution in [2.24, 2.45) is 0 Å². The summed E-state index contributed by atoms with van der Waals surface area (Å²) in [5.74, 6) is -2.04. The van der Waals surface area contributed by atoms with Crippen molar-refractivity contribution in [3.05, 3.63) is 41.3 Å². The molecule has 0 atom stereocenters. The average Bonchev–Trinajstić information content (AvgIpc) is 2.60. The van der Waals surface area contributed by atoms with E-state index in [1.54, 1.807) is 6.07 Å². The summed E-state index contributed by atoms with van der Waals surface area (Å²) in [6, 6.07) is 4.13. The molecule has 2 aromatic rings. The number of nitrogens with one attached hydrogen (secondary N) is 1. The molecular formula is C17H17F4N3O2. The number of aromatic nitrogens is 2. The zero-order chi connectivity index (χ0) is 18.7. The van der Waals surface area contributed by atoms with Crippen LogP contribution in [0.2, 0.25) is 0 Å². The van der Waals surface area contributed by atoms with Crippen LogP contribution in [0.1, 0.15) is 24.1 Å². The number of hydrogen-bond acceptors (Lipinski definition) is 5. The van der Waals surface area contributed by atoms with Crippen LogP contribution in [-0.2, 0) is 17.5 Å². The van der Waals surface area contributed by atoms with Crippen LogP contribution in [0, 0.1) is 5.82 Å². The van der Waals surface area contributed by atoms with E-state index in [1.165, 1.54) is 6.07 Å². The van der Waals surface area contributed by atoms with Crippen molar-refractivity contribution in [1.29, 1.82) is 0 Å². The number of hydrogen-bond donors (Lipinski definition) is 2. The Hall–Kier alpha value is -2.26. The molecule has 0 saturated carbocycles. The lowest BCUT2D eigenvalue weighted by Gasteiger charge is -2.22. The molecule has 1 aliphatic heterocycles. The minimum absolute atomic E-state index is 0.0384. The highest BCUT2D eigenvalue weighted by Crippen LogP contribution is 2.37. The molecule has 1 aliphatic rings. The molecule has 0 unspecified atom stereocenters. The van der Waals surface area contributed by atoms with E-state index in [9.17, 15) is 22.7 Å². The zero-order valence-corrected chi connectivity index (χ0v) is 13.7. The smallest absolute Gasteiger partial charge is 0.416 e. The lowest BCUT2D eigenvalue weighted by molar-refractivity contribution is -0.137. The van der Waals surface area contributed by atoms with Gasteiger partial charge in [-0.2, -0.15) is 18.3 Å². The minimum atomic E-state index is -4.75. The van der Waals surface area contributed by atoms with Gasteiger partial charge in [-0.15, -0.1) is 5.10 Å². The fourth-order valence-corrected chi connectivity index (χ4v) is 2.75. The average molecular weight is 371 g/mol. The topological polar surface area (TPSA) is 67.3 Å². The maximum Gasteiger partial charge on any atom is 0.416 e. The predicted molar refractivity (Wildman–Crippen MR) is 84.8 cm³/mol. The van der Waals surface area contributed by atoms with Gasteiger partial charge in [0.25, 0.3) is 0 Å². The van der Waals surface area contributed by atoms with Gasteiger partial charge in [-0.3, -0.25) is 0 Å². The molecule has 0 aliphatic carbocycles. The molecule has 1 fully saturated rings. The highest BCUT2D eigenvalue weighted by Gasteiger charge is 2.33. The zero-order valence-electron chi connectivity index (χ0n) is 13.7. The number of alkyl halides is 3. The molecule has 1 aromatic carbocycles. The number of phenolic OH excluding ortho intramolecular Hbond substituents is 1. The van der Waals surface area contributed by atoms with Gasteiger partial charge in [-0.25, -0.2) is 4.39 Å². The van der Waals surface area contributed by atoms with Crippen LogP contribution >= 0.6 is 0 Å². The highest BCUT2D eigenvalue weighted by atomic mass is 19.4. The molecule has 5 nitrogen and oxygen atoms in total. The van der Waals surface area contributed by atoms with E-state index in [1.807, 2.05) is 0 Å². The second-order valence-corrected chi connectivity index (χ2v) is 6.03. The van der Waals surface area contributed by atoms with Gasteiger partial charge in [-0.1, -0.05) is 0 Å². The third-order valence-electron chi connectivity index (χ3n) is 4.17.